The summed E-state index contributed by atoms with van der Waals surface area (Å²) in [6.07, 6.45) is 0. The number of rotatable bonds is 4. The molecule has 3 aromatic rings. The monoisotopic (exact) mass is 345 g/mol. The summed E-state index contributed by atoms with van der Waals surface area (Å²) in [5.41, 5.74) is 2.62. The molecule has 1 unspecified atom stereocenters. The third-order valence-electron chi connectivity index (χ3n) is 4.39. The summed E-state index contributed by atoms with van der Waals surface area (Å²) in [5.74, 6) is -1.01. The average Bonchev–Trinajstić information content (AvgIpc) is 3.28. The highest BCUT2D eigenvalue weighted by atomic mass is 16.2. The Labute approximate surface area is 149 Å². The van der Waals surface area contributed by atoms with E-state index in [9.17, 15) is 14.9 Å². The van der Waals surface area contributed by atoms with Crippen molar-refractivity contribution in [3.05, 3.63) is 59.9 Å². The number of nitrogens with zero attached hydrogens (tertiary/aromatic N) is 3. The molecule has 2 heterocycles. The van der Waals surface area contributed by atoms with Crippen molar-refractivity contribution in [3.8, 4) is 6.07 Å². The van der Waals surface area contributed by atoms with Gasteiger partial charge in [-0.25, -0.2) is 9.78 Å². The highest BCUT2D eigenvalue weighted by Crippen LogP contribution is 2.23. The van der Waals surface area contributed by atoms with E-state index in [0.717, 1.165) is 5.52 Å². The van der Waals surface area contributed by atoms with Crippen LogP contribution in [0.3, 0.4) is 0 Å². The number of ketones is 1. The van der Waals surface area contributed by atoms with Gasteiger partial charge in [-0.05, 0) is 36.4 Å². The molecule has 2 N–H and O–H groups in total. The van der Waals surface area contributed by atoms with Gasteiger partial charge in [0.2, 0.25) is 0 Å². The molecule has 2 aromatic carbocycles. The van der Waals surface area contributed by atoms with Crippen LogP contribution in [-0.4, -0.2) is 34.9 Å². The molecule has 1 aliphatic heterocycles. The topological polar surface area (TPSA) is 102 Å². The number of carbonyl (C=O) groups excluding carboxylic acids is 2. The summed E-state index contributed by atoms with van der Waals surface area (Å²) < 4.78 is 0. The molecule has 1 aliphatic rings. The van der Waals surface area contributed by atoms with E-state index in [1.54, 1.807) is 29.2 Å². The van der Waals surface area contributed by atoms with Crippen LogP contribution in [0, 0.1) is 11.3 Å². The van der Waals surface area contributed by atoms with Crippen LogP contribution in [0.4, 0.5) is 10.5 Å². The summed E-state index contributed by atoms with van der Waals surface area (Å²) >= 11 is 0. The zero-order valence-electron chi connectivity index (χ0n) is 13.8. The summed E-state index contributed by atoms with van der Waals surface area (Å²) in [6, 6.07) is 16.0. The molecule has 0 bridgehead atoms. The van der Waals surface area contributed by atoms with E-state index < -0.39 is 5.92 Å². The molecule has 1 saturated heterocycles. The number of anilines is 1. The third-order valence-corrected chi connectivity index (χ3v) is 4.39. The Morgan fingerprint density at radius 1 is 1.19 bits per heavy atom. The number of amides is 2. The molecule has 26 heavy (non-hydrogen) atoms. The van der Waals surface area contributed by atoms with E-state index in [2.05, 4.69) is 15.3 Å². The zero-order chi connectivity index (χ0) is 18.1. The molecular weight excluding hydrogens is 330 g/mol. The van der Waals surface area contributed by atoms with Crippen LogP contribution in [0.5, 0.6) is 0 Å². The maximum absolute atomic E-state index is 12.8. The Morgan fingerprint density at radius 2 is 1.96 bits per heavy atom. The Bertz CT molecular complexity index is 999. The predicted octanol–water partition coefficient (Wildman–Crippen LogP) is 2.58. The first-order valence-electron chi connectivity index (χ1n) is 8.21. The van der Waals surface area contributed by atoms with E-state index in [1.165, 1.54) is 0 Å². The van der Waals surface area contributed by atoms with Crippen molar-refractivity contribution < 1.29 is 9.59 Å². The SMILES string of the molecule is N#CC(C(=O)c1ccc(N2CCNC2=O)cc1)c1nc2ccccc2[nH]1. The molecule has 1 aromatic heterocycles. The molecule has 0 radical (unpaired) electrons. The minimum Gasteiger partial charge on any atom is -0.340 e. The Balaban J connectivity index is 1.61. The number of nitriles is 1. The summed E-state index contributed by atoms with van der Waals surface area (Å²) in [7, 11) is 0. The maximum Gasteiger partial charge on any atom is 0.321 e. The average molecular weight is 345 g/mol. The van der Waals surface area contributed by atoms with Crippen molar-refractivity contribution in [2.45, 2.75) is 5.92 Å². The van der Waals surface area contributed by atoms with Gasteiger partial charge < -0.3 is 10.3 Å². The van der Waals surface area contributed by atoms with Gasteiger partial charge in [0, 0.05) is 24.3 Å². The van der Waals surface area contributed by atoms with Crippen LogP contribution in [0.15, 0.2) is 48.5 Å². The maximum atomic E-state index is 12.8. The Hall–Kier alpha value is -3.66. The highest BCUT2D eigenvalue weighted by Gasteiger charge is 2.26. The van der Waals surface area contributed by atoms with E-state index in [-0.39, 0.29) is 11.8 Å². The number of nitrogens with one attached hydrogen (secondary N) is 2. The number of aromatic nitrogens is 2. The highest BCUT2D eigenvalue weighted by molar-refractivity contribution is 6.03. The van der Waals surface area contributed by atoms with Crippen molar-refractivity contribution in [2.75, 3.05) is 18.0 Å². The Morgan fingerprint density at radius 3 is 2.62 bits per heavy atom. The normalized spacial score (nSPS) is 14.9. The number of urea groups is 1. The van der Waals surface area contributed by atoms with Gasteiger partial charge in [-0.1, -0.05) is 12.1 Å². The first kappa shape index (κ1) is 15.8. The van der Waals surface area contributed by atoms with Gasteiger partial charge in [0.05, 0.1) is 17.1 Å². The molecule has 0 saturated carbocycles. The number of para-hydroxylation sites is 2. The standard InChI is InChI=1S/C19H15N5O2/c20-11-14(18-22-15-3-1-2-4-16(15)23-18)17(25)12-5-7-13(8-6-12)24-10-9-21-19(24)26/h1-8,14H,9-10H2,(H,21,26)(H,22,23). The second kappa shape index (κ2) is 6.33. The lowest BCUT2D eigenvalue weighted by molar-refractivity contribution is 0.0976. The lowest BCUT2D eigenvalue weighted by Gasteiger charge is -2.14. The molecular formula is C19H15N5O2. The smallest absolute Gasteiger partial charge is 0.321 e. The van der Waals surface area contributed by atoms with Crippen LogP contribution in [0.2, 0.25) is 0 Å². The number of Topliss-reactive ketones (excluding diaryl/α,β-unsaturated/α-hetero) is 1. The summed E-state index contributed by atoms with van der Waals surface area (Å²) in [6.45, 7) is 1.19. The van der Waals surface area contributed by atoms with Crippen LogP contribution in [-0.2, 0) is 0 Å². The lowest BCUT2D eigenvalue weighted by Crippen LogP contribution is -2.27. The van der Waals surface area contributed by atoms with Gasteiger partial charge in [-0.15, -0.1) is 0 Å². The molecule has 1 atom stereocenters. The van der Waals surface area contributed by atoms with Crippen LogP contribution in [0.25, 0.3) is 11.0 Å². The van der Waals surface area contributed by atoms with Crippen molar-refractivity contribution in [1.29, 1.82) is 5.26 Å². The number of imidazole rings is 1. The third kappa shape index (κ3) is 2.67. The van der Waals surface area contributed by atoms with E-state index in [0.29, 0.717) is 35.7 Å². The quantitative estimate of drug-likeness (QED) is 0.710. The second-order valence-electron chi connectivity index (χ2n) is 6.00. The van der Waals surface area contributed by atoms with Crippen molar-refractivity contribution >= 4 is 28.5 Å². The lowest BCUT2D eigenvalue weighted by atomic mass is 9.98. The zero-order valence-corrected chi connectivity index (χ0v) is 13.8. The van der Waals surface area contributed by atoms with Crippen LogP contribution < -0.4 is 10.2 Å². The predicted molar refractivity (Wildman–Crippen MR) is 96.0 cm³/mol. The fourth-order valence-electron chi connectivity index (χ4n) is 3.04. The van der Waals surface area contributed by atoms with E-state index in [4.69, 9.17) is 0 Å². The van der Waals surface area contributed by atoms with Crippen molar-refractivity contribution in [2.24, 2.45) is 0 Å². The van der Waals surface area contributed by atoms with Gasteiger partial charge in [-0.3, -0.25) is 9.69 Å². The molecule has 1 fully saturated rings. The molecule has 0 aliphatic carbocycles. The number of H-pyrrole nitrogens is 1. The first-order valence-corrected chi connectivity index (χ1v) is 8.21. The van der Waals surface area contributed by atoms with Crippen molar-refractivity contribution in [1.82, 2.24) is 15.3 Å². The number of hydrogen-bond donors (Lipinski definition) is 2. The van der Waals surface area contributed by atoms with Gasteiger partial charge in [0.25, 0.3) is 0 Å². The van der Waals surface area contributed by atoms with Crippen LogP contribution in [0.1, 0.15) is 22.1 Å². The fourth-order valence-corrected chi connectivity index (χ4v) is 3.04. The fraction of sp³-hybridized carbons (Fsp3) is 0.158. The van der Waals surface area contributed by atoms with Crippen LogP contribution >= 0.6 is 0 Å². The number of carbonyl (C=O) groups is 2. The molecule has 7 nitrogen and oxygen atoms in total. The molecule has 128 valence electrons. The molecule has 0 spiro atoms. The molecule has 7 heteroatoms. The number of fused-ring (bicyclic) bond motifs is 1. The van der Waals surface area contributed by atoms with Gasteiger partial charge in [-0.2, -0.15) is 5.26 Å². The molecule has 2 amide bonds. The minimum absolute atomic E-state index is 0.152. The molecule has 4 rings (SSSR count). The van der Waals surface area contributed by atoms with E-state index >= 15 is 0 Å². The first-order chi connectivity index (χ1) is 12.7. The van der Waals surface area contributed by atoms with Crippen molar-refractivity contribution in [3.63, 3.8) is 0 Å². The largest absolute Gasteiger partial charge is 0.340 e. The number of benzene rings is 2. The Kier molecular flexibility index (Phi) is 3.86. The van der Waals surface area contributed by atoms with Gasteiger partial charge >= 0.3 is 6.03 Å². The summed E-state index contributed by atoms with van der Waals surface area (Å²) in [4.78, 5) is 33.5. The van der Waals surface area contributed by atoms with Gasteiger partial charge in [0.1, 0.15) is 5.82 Å². The number of aromatic amines is 1. The summed E-state index contributed by atoms with van der Waals surface area (Å²) in [5, 5.41) is 12.2. The minimum atomic E-state index is -1.01. The second-order valence-corrected chi connectivity index (χ2v) is 6.00. The number of hydrogen-bond acceptors (Lipinski definition) is 4. The van der Waals surface area contributed by atoms with Gasteiger partial charge in [0.15, 0.2) is 11.7 Å². The van der Waals surface area contributed by atoms with E-state index in [1.807, 2.05) is 30.3 Å².